The van der Waals surface area contributed by atoms with Crippen molar-refractivity contribution in [2.75, 3.05) is 13.2 Å². The second kappa shape index (κ2) is 10.9. The molecule has 6 nitrogen and oxygen atoms in total. The van der Waals surface area contributed by atoms with Crippen LogP contribution in [0.5, 0.6) is 0 Å². The van der Waals surface area contributed by atoms with E-state index >= 15 is 0 Å². The maximum absolute atomic E-state index is 11.3. The number of aliphatic carboxylic acids is 1. The third-order valence-corrected chi connectivity index (χ3v) is 6.04. The van der Waals surface area contributed by atoms with Gasteiger partial charge in [-0.2, -0.15) is 0 Å². The number of nitrogens with zero attached hydrogens (tertiary/aromatic N) is 1. The van der Waals surface area contributed by atoms with E-state index in [0.29, 0.717) is 37.5 Å². The first kappa shape index (κ1) is 23.5. The highest BCUT2D eigenvalue weighted by atomic mass is 16.5. The van der Waals surface area contributed by atoms with Crippen LogP contribution in [0.3, 0.4) is 0 Å². The second-order valence-electron chi connectivity index (χ2n) is 9.14. The summed E-state index contributed by atoms with van der Waals surface area (Å²) in [5, 5.41) is 9.30. The lowest BCUT2D eigenvalue weighted by molar-refractivity contribution is -0.154. The van der Waals surface area contributed by atoms with Crippen LogP contribution in [-0.4, -0.2) is 35.4 Å². The van der Waals surface area contributed by atoms with Gasteiger partial charge in [-0.1, -0.05) is 38.0 Å². The number of aryl methyl sites for hydroxylation is 2. The van der Waals surface area contributed by atoms with Crippen LogP contribution in [0, 0.1) is 31.6 Å². The summed E-state index contributed by atoms with van der Waals surface area (Å²) in [6.45, 7) is 9.36. The van der Waals surface area contributed by atoms with E-state index in [0.717, 1.165) is 42.7 Å². The van der Waals surface area contributed by atoms with Gasteiger partial charge in [0.05, 0.1) is 13.2 Å². The van der Waals surface area contributed by atoms with Crippen LogP contribution in [0.25, 0.3) is 11.5 Å². The zero-order chi connectivity index (χ0) is 22.4. The third kappa shape index (κ3) is 6.65. The van der Waals surface area contributed by atoms with E-state index in [1.165, 1.54) is 5.56 Å². The summed E-state index contributed by atoms with van der Waals surface area (Å²) in [6, 6.07) is 8.13. The first-order chi connectivity index (χ1) is 14.8. The predicted molar refractivity (Wildman–Crippen MR) is 119 cm³/mol. The van der Waals surface area contributed by atoms with Gasteiger partial charge in [0.2, 0.25) is 5.89 Å². The normalized spacial score (nSPS) is 20.2. The Bertz CT molecular complexity index is 842. The van der Waals surface area contributed by atoms with Crippen LogP contribution in [0.15, 0.2) is 28.7 Å². The van der Waals surface area contributed by atoms with Crippen molar-refractivity contribution in [2.24, 2.45) is 17.8 Å². The molecule has 0 amide bonds. The smallest absolute Gasteiger partial charge is 0.333 e. The minimum Gasteiger partial charge on any atom is -0.479 e. The van der Waals surface area contributed by atoms with Gasteiger partial charge in [0.25, 0.3) is 0 Å². The summed E-state index contributed by atoms with van der Waals surface area (Å²) in [4.78, 5) is 16.0. The van der Waals surface area contributed by atoms with Crippen LogP contribution in [0.1, 0.15) is 56.5 Å². The highest BCUT2D eigenvalue weighted by Crippen LogP contribution is 2.30. The highest BCUT2D eigenvalue weighted by Gasteiger charge is 2.27. The number of carbonyl (C=O) groups is 1. The number of hydrogen-bond acceptors (Lipinski definition) is 5. The van der Waals surface area contributed by atoms with E-state index in [2.05, 4.69) is 11.9 Å². The molecule has 0 bridgehead atoms. The molecule has 2 aromatic rings. The molecule has 1 N–H and O–H groups in total. The van der Waals surface area contributed by atoms with E-state index in [9.17, 15) is 9.90 Å². The fourth-order valence-electron chi connectivity index (χ4n) is 4.20. The fourth-order valence-corrected chi connectivity index (χ4v) is 4.20. The molecule has 170 valence electrons. The summed E-state index contributed by atoms with van der Waals surface area (Å²) in [6.07, 6.45) is 3.63. The number of ether oxygens (including phenoxy) is 2. The molecule has 0 radical (unpaired) electrons. The van der Waals surface area contributed by atoms with Gasteiger partial charge < -0.3 is 19.0 Å². The summed E-state index contributed by atoms with van der Waals surface area (Å²) in [5.74, 6) is 1.37. The van der Waals surface area contributed by atoms with E-state index < -0.39 is 12.1 Å². The average molecular weight is 430 g/mol. The van der Waals surface area contributed by atoms with Gasteiger partial charge in [-0.05, 0) is 63.0 Å². The van der Waals surface area contributed by atoms with Gasteiger partial charge in [0.15, 0.2) is 6.10 Å². The second-order valence-corrected chi connectivity index (χ2v) is 9.14. The Kier molecular flexibility index (Phi) is 8.27. The molecule has 0 spiro atoms. The standard InChI is InChI=1S/C25H35NO5/c1-16(2)23(25(27)28)30-14-20-7-5-6-19(12-20)13-29-15-22-18(4)31-24(26-22)21-10-8-17(3)9-11-21/h8-11,16,19-20,23H,5-7,12-15H2,1-4H3,(H,27,28)/t19-,20+,23?/m1/s1. The minimum absolute atomic E-state index is 0.0317. The van der Waals surface area contributed by atoms with Crippen molar-refractivity contribution in [3.63, 3.8) is 0 Å². The van der Waals surface area contributed by atoms with E-state index in [4.69, 9.17) is 13.9 Å². The molecule has 3 rings (SSSR count). The Morgan fingerprint density at radius 2 is 1.84 bits per heavy atom. The number of aromatic nitrogens is 1. The molecule has 1 saturated carbocycles. The zero-order valence-electron chi connectivity index (χ0n) is 19.1. The van der Waals surface area contributed by atoms with Crippen LogP contribution in [-0.2, 0) is 20.9 Å². The van der Waals surface area contributed by atoms with Crippen molar-refractivity contribution in [3.05, 3.63) is 41.3 Å². The number of carboxylic acids is 1. The first-order valence-electron chi connectivity index (χ1n) is 11.3. The van der Waals surface area contributed by atoms with Crippen LogP contribution < -0.4 is 0 Å². The Morgan fingerprint density at radius 3 is 2.48 bits per heavy atom. The topological polar surface area (TPSA) is 81.8 Å². The molecule has 6 heteroatoms. The van der Waals surface area contributed by atoms with Gasteiger partial charge >= 0.3 is 5.97 Å². The quantitative estimate of drug-likeness (QED) is 0.544. The van der Waals surface area contributed by atoms with Crippen molar-refractivity contribution in [1.29, 1.82) is 0 Å². The van der Waals surface area contributed by atoms with Gasteiger partial charge in [-0.15, -0.1) is 0 Å². The van der Waals surface area contributed by atoms with Gasteiger partial charge in [-0.3, -0.25) is 0 Å². The maximum Gasteiger partial charge on any atom is 0.333 e. The summed E-state index contributed by atoms with van der Waals surface area (Å²) >= 11 is 0. The summed E-state index contributed by atoms with van der Waals surface area (Å²) in [5.41, 5.74) is 3.01. The van der Waals surface area contributed by atoms with Crippen molar-refractivity contribution in [3.8, 4) is 11.5 Å². The predicted octanol–water partition coefficient (Wildman–Crippen LogP) is 5.41. The Balaban J connectivity index is 1.46. The Labute approximate surface area is 185 Å². The molecule has 1 heterocycles. The molecule has 1 aliphatic rings. The molecule has 3 atom stereocenters. The Hall–Kier alpha value is -2.18. The molecule has 31 heavy (non-hydrogen) atoms. The van der Waals surface area contributed by atoms with Gasteiger partial charge in [0, 0.05) is 12.2 Å². The van der Waals surface area contributed by atoms with Crippen molar-refractivity contribution >= 4 is 5.97 Å². The molecule has 0 saturated heterocycles. The number of oxazole rings is 1. The maximum atomic E-state index is 11.3. The fraction of sp³-hybridized carbons (Fsp3) is 0.600. The Morgan fingerprint density at radius 1 is 1.16 bits per heavy atom. The van der Waals surface area contributed by atoms with E-state index in [-0.39, 0.29) is 5.92 Å². The van der Waals surface area contributed by atoms with Crippen LogP contribution >= 0.6 is 0 Å². The van der Waals surface area contributed by atoms with Crippen LogP contribution in [0.4, 0.5) is 0 Å². The van der Waals surface area contributed by atoms with Crippen molar-refractivity contribution in [1.82, 2.24) is 4.98 Å². The molecule has 1 aromatic carbocycles. The van der Waals surface area contributed by atoms with Gasteiger partial charge in [0.1, 0.15) is 11.5 Å². The molecular formula is C25H35NO5. The number of carboxylic acid groups (broad SMARTS) is 1. The molecular weight excluding hydrogens is 394 g/mol. The van der Waals surface area contributed by atoms with Gasteiger partial charge in [-0.25, -0.2) is 9.78 Å². The monoisotopic (exact) mass is 429 g/mol. The van der Waals surface area contributed by atoms with E-state index in [1.807, 2.05) is 45.0 Å². The highest BCUT2D eigenvalue weighted by molar-refractivity contribution is 5.72. The van der Waals surface area contributed by atoms with Crippen molar-refractivity contribution < 1.29 is 23.8 Å². The van der Waals surface area contributed by atoms with Crippen LogP contribution in [0.2, 0.25) is 0 Å². The lowest BCUT2D eigenvalue weighted by Crippen LogP contribution is -2.32. The number of rotatable bonds is 10. The molecule has 1 unspecified atom stereocenters. The summed E-state index contributed by atoms with van der Waals surface area (Å²) < 4.78 is 17.6. The lowest BCUT2D eigenvalue weighted by atomic mass is 9.82. The molecule has 0 aliphatic heterocycles. The SMILES string of the molecule is Cc1ccc(-c2nc(COC[C@@H]3CCC[C@H](COC(C(=O)O)C(C)C)C3)c(C)o2)cc1. The van der Waals surface area contributed by atoms with Crippen molar-refractivity contribution in [2.45, 2.75) is 66.1 Å². The average Bonchev–Trinajstić information content (AvgIpc) is 3.09. The number of benzene rings is 1. The lowest BCUT2D eigenvalue weighted by Gasteiger charge is -2.30. The molecule has 1 aliphatic carbocycles. The third-order valence-electron chi connectivity index (χ3n) is 6.04. The minimum atomic E-state index is -0.876. The first-order valence-corrected chi connectivity index (χ1v) is 11.3. The molecule has 1 aromatic heterocycles. The largest absolute Gasteiger partial charge is 0.479 e. The summed E-state index contributed by atoms with van der Waals surface area (Å²) in [7, 11) is 0. The van der Waals surface area contributed by atoms with E-state index in [1.54, 1.807) is 0 Å². The molecule has 1 fully saturated rings. The zero-order valence-corrected chi connectivity index (χ0v) is 19.1. The number of hydrogen-bond donors (Lipinski definition) is 1.